The molecule has 0 saturated heterocycles. The highest BCUT2D eigenvalue weighted by atomic mass is 32.2. The van der Waals surface area contributed by atoms with Gasteiger partial charge in [-0.15, -0.1) is 5.10 Å². The summed E-state index contributed by atoms with van der Waals surface area (Å²) in [5, 5.41) is 15.5. The van der Waals surface area contributed by atoms with Gasteiger partial charge in [0.05, 0.1) is 12.7 Å². The van der Waals surface area contributed by atoms with Crippen molar-refractivity contribution in [2.75, 3.05) is 13.1 Å². The molecule has 3 N–H and O–H groups in total. The van der Waals surface area contributed by atoms with Gasteiger partial charge in [0.1, 0.15) is 0 Å². The fraction of sp³-hybridized carbons (Fsp3) is 0.571. The highest BCUT2D eigenvalue weighted by molar-refractivity contribution is 7.87. The molecule has 96 valence electrons. The quantitative estimate of drug-likeness (QED) is 0.545. The molecule has 9 nitrogen and oxygen atoms in total. The third kappa shape index (κ3) is 4.46. The molecule has 1 aromatic rings. The van der Waals surface area contributed by atoms with E-state index in [0.717, 1.165) is 0 Å². The van der Waals surface area contributed by atoms with E-state index in [1.54, 1.807) is 6.92 Å². The minimum atomic E-state index is -3.49. The molecule has 0 aliphatic heterocycles. The van der Waals surface area contributed by atoms with Crippen LogP contribution in [-0.4, -0.2) is 47.6 Å². The van der Waals surface area contributed by atoms with Gasteiger partial charge in [-0.25, -0.2) is 14.2 Å². The minimum Gasteiger partial charge on any atom is -0.476 e. The van der Waals surface area contributed by atoms with E-state index in [0.29, 0.717) is 6.54 Å². The summed E-state index contributed by atoms with van der Waals surface area (Å²) in [5.41, 5.74) is -0.181. The molecule has 0 aliphatic rings. The van der Waals surface area contributed by atoms with Gasteiger partial charge in [0, 0.05) is 13.1 Å². The summed E-state index contributed by atoms with van der Waals surface area (Å²) in [6.07, 6.45) is 1.23. The molecule has 10 heteroatoms. The zero-order chi connectivity index (χ0) is 12.9. The average Bonchev–Trinajstić information content (AvgIpc) is 2.66. The molecule has 0 unspecified atom stereocenters. The molecular weight excluding hydrogens is 250 g/mol. The molecule has 1 heterocycles. The Balaban J connectivity index is 2.43. The Bertz CT molecular complexity index is 482. The van der Waals surface area contributed by atoms with Crippen molar-refractivity contribution in [1.29, 1.82) is 0 Å². The lowest BCUT2D eigenvalue weighted by atomic mass is 10.5. The third-order valence-corrected chi connectivity index (χ3v) is 2.98. The molecule has 0 saturated carbocycles. The first-order chi connectivity index (χ1) is 7.94. The van der Waals surface area contributed by atoms with Crippen molar-refractivity contribution in [3.05, 3.63) is 11.9 Å². The molecule has 1 rings (SSSR count). The molecule has 0 aromatic carbocycles. The lowest BCUT2D eigenvalue weighted by Crippen LogP contribution is -2.38. The first-order valence-corrected chi connectivity index (χ1v) is 6.30. The van der Waals surface area contributed by atoms with Crippen molar-refractivity contribution in [1.82, 2.24) is 24.4 Å². The van der Waals surface area contributed by atoms with E-state index in [1.807, 2.05) is 0 Å². The number of rotatable bonds is 7. The largest absolute Gasteiger partial charge is 0.476 e. The van der Waals surface area contributed by atoms with Crippen LogP contribution in [0.2, 0.25) is 0 Å². The minimum absolute atomic E-state index is 0.0950. The summed E-state index contributed by atoms with van der Waals surface area (Å²) < 4.78 is 28.1. The molecule has 0 radical (unpaired) electrons. The molecule has 1 aromatic heterocycles. The highest BCUT2D eigenvalue weighted by Crippen LogP contribution is 1.92. The van der Waals surface area contributed by atoms with Crippen LogP contribution in [0, 0.1) is 0 Å². The van der Waals surface area contributed by atoms with E-state index >= 15 is 0 Å². The zero-order valence-electron chi connectivity index (χ0n) is 9.12. The van der Waals surface area contributed by atoms with E-state index in [2.05, 4.69) is 19.8 Å². The number of carboxylic acid groups (broad SMARTS) is 1. The number of nitrogens with one attached hydrogen (secondary N) is 2. The van der Waals surface area contributed by atoms with E-state index in [9.17, 15) is 13.2 Å². The van der Waals surface area contributed by atoms with Gasteiger partial charge in [-0.2, -0.15) is 8.42 Å². The van der Waals surface area contributed by atoms with Crippen LogP contribution >= 0.6 is 0 Å². The van der Waals surface area contributed by atoms with Gasteiger partial charge in [-0.1, -0.05) is 12.1 Å². The first-order valence-electron chi connectivity index (χ1n) is 4.82. The summed E-state index contributed by atoms with van der Waals surface area (Å²) >= 11 is 0. The fourth-order valence-electron chi connectivity index (χ4n) is 1.04. The van der Waals surface area contributed by atoms with Crippen LogP contribution in [0.5, 0.6) is 0 Å². The smallest absolute Gasteiger partial charge is 0.358 e. The van der Waals surface area contributed by atoms with E-state index in [1.165, 1.54) is 10.9 Å². The highest BCUT2D eigenvalue weighted by Gasteiger charge is 2.09. The maximum atomic E-state index is 11.2. The predicted molar refractivity (Wildman–Crippen MR) is 57.6 cm³/mol. The number of carbonyl (C=O) groups is 1. The van der Waals surface area contributed by atoms with Crippen molar-refractivity contribution in [2.24, 2.45) is 0 Å². The van der Waals surface area contributed by atoms with E-state index in [4.69, 9.17) is 5.11 Å². The predicted octanol–water partition coefficient (Wildman–Crippen LogP) is -1.58. The Morgan fingerprint density at radius 2 is 2.24 bits per heavy atom. The Morgan fingerprint density at radius 3 is 2.76 bits per heavy atom. The van der Waals surface area contributed by atoms with Gasteiger partial charge < -0.3 is 5.11 Å². The number of aromatic carboxylic acids is 1. The lowest BCUT2D eigenvalue weighted by molar-refractivity contribution is 0.0690. The van der Waals surface area contributed by atoms with Crippen LogP contribution < -0.4 is 9.44 Å². The number of carboxylic acids is 1. The van der Waals surface area contributed by atoms with Crippen LogP contribution in [0.3, 0.4) is 0 Å². The van der Waals surface area contributed by atoms with Crippen LogP contribution in [0.4, 0.5) is 0 Å². The molecule has 0 fully saturated rings. The molecule has 0 aliphatic carbocycles. The summed E-state index contributed by atoms with van der Waals surface area (Å²) in [4.78, 5) is 10.5. The second-order valence-corrected chi connectivity index (χ2v) is 4.65. The van der Waals surface area contributed by atoms with E-state index < -0.39 is 16.2 Å². The SMILES string of the molecule is CCNS(=O)(=O)NCCn1cc(C(=O)O)nn1. The van der Waals surface area contributed by atoms with Gasteiger partial charge in [0.25, 0.3) is 10.2 Å². The maximum absolute atomic E-state index is 11.2. The average molecular weight is 263 g/mol. The van der Waals surface area contributed by atoms with Gasteiger partial charge in [0.2, 0.25) is 0 Å². The number of aromatic nitrogens is 3. The van der Waals surface area contributed by atoms with Crippen molar-refractivity contribution >= 4 is 16.2 Å². The Kier molecular flexibility index (Phi) is 4.54. The maximum Gasteiger partial charge on any atom is 0.358 e. The van der Waals surface area contributed by atoms with Crippen LogP contribution in [0.1, 0.15) is 17.4 Å². The fourth-order valence-corrected chi connectivity index (χ4v) is 1.88. The van der Waals surface area contributed by atoms with Gasteiger partial charge in [-0.05, 0) is 0 Å². The second-order valence-electron chi connectivity index (χ2n) is 3.07. The van der Waals surface area contributed by atoms with E-state index in [-0.39, 0.29) is 18.8 Å². The first kappa shape index (κ1) is 13.5. The summed E-state index contributed by atoms with van der Waals surface area (Å²) in [6, 6.07) is 0. The number of nitrogens with zero attached hydrogens (tertiary/aromatic N) is 3. The van der Waals surface area contributed by atoms with Gasteiger partial charge in [0.15, 0.2) is 5.69 Å². The Morgan fingerprint density at radius 1 is 1.53 bits per heavy atom. The van der Waals surface area contributed by atoms with Crippen molar-refractivity contribution in [3.8, 4) is 0 Å². The summed E-state index contributed by atoms with van der Waals surface area (Å²) in [6.45, 7) is 2.25. The molecule has 0 atom stereocenters. The van der Waals surface area contributed by atoms with Crippen LogP contribution in [-0.2, 0) is 16.8 Å². The molecule has 0 bridgehead atoms. The normalized spacial score (nSPS) is 11.6. The van der Waals surface area contributed by atoms with Crippen LogP contribution in [0.25, 0.3) is 0 Å². The van der Waals surface area contributed by atoms with Crippen molar-refractivity contribution in [3.63, 3.8) is 0 Å². The zero-order valence-corrected chi connectivity index (χ0v) is 9.94. The summed E-state index contributed by atoms with van der Waals surface area (Å²) in [5.74, 6) is -1.18. The van der Waals surface area contributed by atoms with Crippen molar-refractivity contribution in [2.45, 2.75) is 13.5 Å². The number of hydrogen-bond donors (Lipinski definition) is 3. The Hall–Kier alpha value is -1.52. The second kappa shape index (κ2) is 5.70. The van der Waals surface area contributed by atoms with Gasteiger partial charge in [-0.3, -0.25) is 4.68 Å². The monoisotopic (exact) mass is 263 g/mol. The third-order valence-electron chi connectivity index (χ3n) is 1.73. The Labute approximate surface area is 98.0 Å². The molecule has 0 amide bonds. The number of hydrogen-bond acceptors (Lipinski definition) is 5. The van der Waals surface area contributed by atoms with Gasteiger partial charge >= 0.3 is 5.97 Å². The summed E-state index contributed by atoms with van der Waals surface area (Å²) in [7, 11) is -3.49. The van der Waals surface area contributed by atoms with Crippen LogP contribution in [0.15, 0.2) is 6.20 Å². The lowest BCUT2D eigenvalue weighted by Gasteiger charge is -2.05. The standard InChI is InChI=1S/C7H13N5O4S/c1-2-8-17(15,16)9-3-4-12-5-6(7(13)14)10-11-12/h5,8-9H,2-4H2,1H3,(H,13,14). The van der Waals surface area contributed by atoms with Crippen molar-refractivity contribution < 1.29 is 18.3 Å². The topological polar surface area (TPSA) is 126 Å². The molecular formula is C7H13N5O4S. The molecule has 0 spiro atoms. The molecule has 17 heavy (non-hydrogen) atoms.